The summed E-state index contributed by atoms with van der Waals surface area (Å²) < 4.78 is 8.80. The first-order valence-electron chi connectivity index (χ1n) is 8.79. The van der Waals surface area contributed by atoms with Gasteiger partial charge < -0.3 is 9.30 Å². The second-order valence-electron chi connectivity index (χ2n) is 7.83. The van der Waals surface area contributed by atoms with Gasteiger partial charge in [0.15, 0.2) is 0 Å². The number of carbonyl (C=O) groups is 1. The number of nitrogens with zero attached hydrogens (tertiary/aromatic N) is 1. The van der Waals surface area contributed by atoms with E-state index in [0.717, 1.165) is 10.1 Å². The molecule has 0 bridgehead atoms. The molecular formula is C20H26BrNO2. The Morgan fingerprint density at radius 2 is 1.88 bits per heavy atom. The first-order chi connectivity index (χ1) is 11.3. The van der Waals surface area contributed by atoms with Gasteiger partial charge in [0.05, 0.1) is 10.2 Å². The zero-order valence-electron chi connectivity index (χ0n) is 15.0. The van der Waals surface area contributed by atoms with Crippen LogP contribution >= 0.6 is 15.9 Å². The second-order valence-corrected chi connectivity index (χ2v) is 8.58. The minimum Gasteiger partial charge on any atom is -0.456 e. The fourth-order valence-electron chi connectivity index (χ4n) is 3.68. The van der Waals surface area contributed by atoms with Crippen LogP contribution in [0.3, 0.4) is 0 Å². The van der Waals surface area contributed by atoms with Crippen LogP contribution < -0.4 is 0 Å². The predicted molar refractivity (Wildman–Crippen MR) is 102 cm³/mol. The Bertz CT molecular complexity index is 764. The van der Waals surface area contributed by atoms with Crippen LogP contribution in [-0.2, 0) is 11.8 Å². The Labute approximate surface area is 152 Å². The van der Waals surface area contributed by atoms with Crippen molar-refractivity contribution >= 4 is 32.8 Å². The van der Waals surface area contributed by atoms with Gasteiger partial charge in [-0.15, -0.1) is 0 Å². The van der Waals surface area contributed by atoms with Crippen LogP contribution in [0.2, 0.25) is 0 Å². The predicted octanol–water partition coefficient (Wildman–Crippen LogP) is 5.94. The summed E-state index contributed by atoms with van der Waals surface area (Å²) in [6.07, 6.45) is 6.48. The van der Waals surface area contributed by atoms with E-state index in [2.05, 4.69) is 33.6 Å². The lowest BCUT2D eigenvalue weighted by Crippen LogP contribution is -2.23. The lowest BCUT2D eigenvalue weighted by atomic mass is 9.84. The molecule has 1 aromatic carbocycles. The van der Waals surface area contributed by atoms with Gasteiger partial charge in [-0.1, -0.05) is 25.3 Å². The van der Waals surface area contributed by atoms with E-state index in [0.29, 0.717) is 11.5 Å². The van der Waals surface area contributed by atoms with Gasteiger partial charge in [0.25, 0.3) is 0 Å². The molecule has 0 unspecified atom stereocenters. The Kier molecular flexibility index (Phi) is 4.78. The number of hydrogen-bond donors (Lipinski definition) is 0. The highest BCUT2D eigenvalue weighted by Gasteiger charge is 2.25. The summed E-state index contributed by atoms with van der Waals surface area (Å²) >= 11 is 3.79. The lowest BCUT2D eigenvalue weighted by molar-refractivity contribution is 0.00697. The molecule has 0 amide bonds. The van der Waals surface area contributed by atoms with E-state index >= 15 is 0 Å². The van der Waals surface area contributed by atoms with Crippen molar-refractivity contribution in [3.8, 4) is 0 Å². The number of halogens is 1. The fraction of sp³-hybridized carbons (Fsp3) is 0.550. The minimum absolute atomic E-state index is 0.263. The fourth-order valence-corrected chi connectivity index (χ4v) is 4.41. The Morgan fingerprint density at radius 3 is 2.50 bits per heavy atom. The number of hydrogen-bond acceptors (Lipinski definition) is 2. The Hall–Kier alpha value is -1.29. The maximum atomic E-state index is 12.4. The number of esters is 1. The van der Waals surface area contributed by atoms with Crippen LogP contribution in [0.4, 0.5) is 0 Å². The van der Waals surface area contributed by atoms with Crippen molar-refractivity contribution in [1.82, 2.24) is 4.57 Å². The third kappa shape index (κ3) is 3.39. The van der Waals surface area contributed by atoms with Crippen molar-refractivity contribution in [3.05, 3.63) is 33.9 Å². The highest BCUT2D eigenvalue weighted by molar-refractivity contribution is 9.10. The molecule has 1 aliphatic carbocycles. The Balaban J connectivity index is 2.02. The van der Waals surface area contributed by atoms with Gasteiger partial charge in [-0.2, -0.15) is 0 Å². The molecule has 0 radical (unpaired) electrons. The zero-order valence-corrected chi connectivity index (χ0v) is 16.6. The summed E-state index contributed by atoms with van der Waals surface area (Å²) in [6.45, 7) is 5.68. The average molecular weight is 392 g/mol. The van der Waals surface area contributed by atoms with Gasteiger partial charge >= 0.3 is 5.97 Å². The normalized spacial score (nSPS) is 16.5. The average Bonchev–Trinajstić information content (AvgIpc) is 2.78. The molecule has 2 aromatic rings. The molecule has 0 saturated heterocycles. The largest absolute Gasteiger partial charge is 0.456 e. The van der Waals surface area contributed by atoms with Crippen molar-refractivity contribution in [2.24, 2.45) is 7.05 Å². The number of benzene rings is 1. The van der Waals surface area contributed by atoms with Crippen LogP contribution in [0.1, 0.15) is 74.7 Å². The molecule has 0 aliphatic heterocycles. The van der Waals surface area contributed by atoms with Gasteiger partial charge in [-0.05, 0) is 73.2 Å². The number of rotatable bonds is 2. The molecule has 1 heterocycles. The van der Waals surface area contributed by atoms with E-state index in [9.17, 15) is 4.79 Å². The maximum Gasteiger partial charge on any atom is 0.338 e. The molecule has 3 rings (SSSR count). The minimum atomic E-state index is -0.478. The molecular weight excluding hydrogens is 366 g/mol. The van der Waals surface area contributed by atoms with E-state index in [1.807, 2.05) is 32.9 Å². The summed E-state index contributed by atoms with van der Waals surface area (Å²) in [5, 5.41) is 1.25. The molecule has 1 fully saturated rings. The summed E-state index contributed by atoms with van der Waals surface area (Å²) in [5.41, 5.74) is 2.63. The van der Waals surface area contributed by atoms with Crippen LogP contribution in [0, 0.1) is 0 Å². The van der Waals surface area contributed by atoms with Crippen LogP contribution in [0.15, 0.2) is 22.8 Å². The smallest absolute Gasteiger partial charge is 0.338 e. The molecule has 3 nitrogen and oxygen atoms in total. The lowest BCUT2D eigenvalue weighted by Gasteiger charge is -2.22. The first kappa shape index (κ1) is 17.5. The van der Waals surface area contributed by atoms with Crippen LogP contribution in [-0.4, -0.2) is 16.1 Å². The molecule has 1 aromatic heterocycles. The maximum absolute atomic E-state index is 12.4. The van der Waals surface area contributed by atoms with Crippen LogP contribution in [0.5, 0.6) is 0 Å². The summed E-state index contributed by atoms with van der Waals surface area (Å²) in [5.74, 6) is 0.352. The van der Waals surface area contributed by atoms with E-state index < -0.39 is 5.60 Å². The second kappa shape index (κ2) is 6.55. The van der Waals surface area contributed by atoms with Crippen molar-refractivity contribution in [2.45, 2.75) is 64.4 Å². The highest BCUT2D eigenvalue weighted by atomic mass is 79.9. The third-order valence-electron chi connectivity index (χ3n) is 4.81. The van der Waals surface area contributed by atoms with E-state index in [1.54, 1.807) is 0 Å². The molecule has 0 atom stereocenters. The summed E-state index contributed by atoms with van der Waals surface area (Å²) in [7, 11) is 2.05. The molecule has 0 N–H and O–H groups in total. The van der Waals surface area contributed by atoms with Gasteiger partial charge in [0, 0.05) is 18.0 Å². The summed E-state index contributed by atoms with van der Waals surface area (Å²) in [6, 6.07) is 5.94. The first-order valence-corrected chi connectivity index (χ1v) is 9.58. The number of carbonyl (C=O) groups excluding carboxylic acids is 1. The number of fused-ring (bicyclic) bond motifs is 1. The van der Waals surface area contributed by atoms with Crippen LogP contribution in [0.25, 0.3) is 10.9 Å². The molecule has 24 heavy (non-hydrogen) atoms. The van der Waals surface area contributed by atoms with Crippen molar-refractivity contribution in [1.29, 1.82) is 0 Å². The molecule has 1 saturated carbocycles. The van der Waals surface area contributed by atoms with Crippen molar-refractivity contribution in [3.63, 3.8) is 0 Å². The van der Waals surface area contributed by atoms with E-state index in [-0.39, 0.29) is 5.97 Å². The van der Waals surface area contributed by atoms with Gasteiger partial charge in [-0.3, -0.25) is 0 Å². The third-order valence-corrected chi connectivity index (χ3v) is 5.77. The van der Waals surface area contributed by atoms with E-state index in [4.69, 9.17) is 4.74 Å². The standard InChI is InChI=1S/C20H26BrNO2/c1-20(2,3)24-19(23)14-10-11-15-16(12-14)22(4)18(21)17(15)13-8-6-5-7-9-13/h10-13H,5-9H2,1-4H3. The monoisotopic (exact) mass is 391 g/mol. The molecule has 1 aliphatic rings. The molecule has 130 valence electrons. The van der Waals surface area contributed by atoms with Gasteiger partial charge in [0.2, 0.25) is 0 Å². The zero-order chi connectivity index (χ0) is 17.5. The highest BCUT2D eigenvalue weighted by Crippen LogP contribution is 2.42. The van der Waals surface area contributed by atoms with Crippen molar-refractivity contribution < 1.29 is 9.53 Å². The number of aryl methyl sites for hydroxylation is 1. The van der Waals surface area contributed by atoms with Crippen molar-refractivity contribution in [2.75, 3.05) is 0 Å². The molecule has 4 heteroatoms. The summed E-state index contributed by atoms with van der Waals surface area (Å²) in [4.78, 5) is 12.4. The Morgan fingerprint density at radius 1 is 1.21 bits per heavy atom. The SMILES string of the molecule is Cn1c(Br)c(C2CCCCC2)c2ccc(C(=O)OC(C)(C)C)cc21. The van der Waals surface area contributed by atoms with Gasteiger partial charge in [0.1, 0.15) is 5.60 Å². The van der Waals surface area contributed by atoms with Gasteiger partial charge in [-0.25, -0.2) is 4.79 Å². The number of ether oxygens (including phenoxy) is 1. The quantitative estimate of drug-likeness (QED) is 0.592. The molecule has 0 spiro atoms. The van der Waals surface area contributed by atoms with E-state index in [1.165, 1.54) is 43.1 Å². The number of aromatic nitrogens is 1. The topological polar surface area (TPSA) is 31.2 Å².